The second kappa shape index (κ2) is 7.20. The monoisotopic (exact) mass is 440 g/mol. The number of aromatic nitrogens is 4. The Labute approximate surface area is 168 Å². The van der Waals surface area contributed by atoms with Crippen molar-refractivity contribution in [3.8, 4) is 11.4 Å². The normalized spacial score (nSPS) is 11.4. The third-order valence-electron chi connectivity index (χ3n) is 4.46. The van der Waals surface area contributed by atoms with E-state index in [4.69, 9.17) is 4.52 Å². The molecule has 0 saturated heterocycles. The molecule has 0 aliphatic heterocycles. The molecule has 0 bridgehead atoms. The molecular formula is C20H17BrN4O3. The molecule has 0 amide bonds. The van der Waals surface area contributed by atoms with Gasteiger partial charge in [0.2, 0.25) is 11.7 Å². The largest absolute Gasteiger partial charge is 0.337 e. The third kappa shape index (κ3) is 3.20. The van der Waals surface area contributed by atoms with E-state index in [2.05, 4.69) is 26.1 Å². The van der Waals surface area contributed by atoms with Crippen molar-refractivity contribution in [1.82, 2.24) is 19.3 Å². The third-order valence-corrected chi connectivity index (χ3v) is 4.99. The maximum Gasteiger partial charge on any atom is 0.332 e. The minimum atomic E-state index is -0.401. The van der Waals surface area contributed by atoms with Crippen LogP contribution in [0.3, 0.4) is 0 Å². The van der Waals surface area contributed by atoms with Gasteiger partial charge in [0, 0.05) is 16.1 Å². The number of fused-ring (bicyclic) bond motifs is 1. The zero-order valence-corrected chi connectivity index (χ0v) is 16.9. The van der Waals surface area contributed by atoms with Crippen molar-refractivity contribution in [1.29, 1.82) is 0 Å². The molecule has 28 heavy (non-hydrogen) atoms. The van der Waals surface area contributed by atoms with Gasteiger partial charge in [0.1, 0.15) is 6.54 Å². The lowest BCUT2D eigenvalue weighted by Gasteiger charge is -2.14. The summed E-state index contributed by atoms with van der Waals surface area (Å²) in [6.07, 6.45) is 0. The molecule has 4 aromatic rings. The van der Waals surface area contributed by atoms with Crippen molar-refractivity contribution in [2.45, 2.75) is 26.4 Å². The molecule has 0 N–H and O–H groups in total. The van der Waals surface area contributed by atoms with Gasteiger partial charge in [-0.2, -0.15) is 4.98 Å². The molecule has 0 fully saturated rings. The highest BCUT2D eigenvalue weighted by Crippen LogP contribution is 2.19. The fourth-order valence-corrected chi connectivity index (χ4v) is 3.38. The van der Waals surface area contributed by atoms with E-state index in [-0.39, 0.29) is 18.1 Å². The summed E-state index contributed by atoms with van der Waals surface area (Å²) in [7, 11) is 0. The van der Waals surface area contributed by atoms with E-state index in [1.165, 1.54) is 9.13 Å². The lowest BCUT2D eigenvalue weighted by Crippen LogP contribution is -2.41. The SMILES string of the molecule is CC(C)n1c(=O)c2ccccc2n(Cc2nc(-c3ccc(Br)cc3)no2)c1=O. The van der Waals surface area contributed by atoms with E-state index in [1.807, 2.05) is 24.3 Å². The first-order valence-corrected chi connectivity index (χ1v) is 9.57. The summed E-state index contributed by atoms with van der Waals surface area (Å²) in [6.45, 7) is 3.69. The molecule has 4 rings (SSSR count). The highest BCUT2D eigenvalue weighted by molar-refractivity contribution is 9.10. The maximum atomic E-state index is 13.0. The van der Waals surface area contributed by atoms with Crippen LogP contribution in [0.15, 0.2) is 67.1 Å². The number of para-hydroxylation sites is 1. The van der Waals surface area contributed by atoms with E-state index in [0.717, 1.165) is 10.0 Å². The van der Waals surface area contributed by atoms with Crippen LogP contribution >= 0.6 is 15.9 Å². The Morgan fingerprint density at radius 1 is 1.07 bits per heavy atom. The van der Waals surface area contributed by atoms with Gasteiger partial charge in [-0.1, -0.05) is 33.2 Å². The Kier molecular flexibility index (Phi) is 4.72. The van der Waals surface area contributed by atoms with Crippen LogP contribution in [0.1, 0.15) is 25.8 Å². The van der Waals surface area contributed by atoms with Crippen LogP contribution in [-0.4, -0.2) is 19.3 Å². The molecule has 0 unspecified atom stereocenters. The van der Waals surface area contributed by atoms with Gasteiger partial charge < -0.3 is 4.52 Å². The van der Waals surface area contributed by atoms with Gasteiger partial charge in [0.05, 0.1) is 10.9 Å². The molecule has 7 nitrogen and oxygen atoms in total. The molecule has 0 atom stereocenters. The number of halogens is 1. The van der Waals surface area contributed by atoms with Gasteiger partial charge in [0.15, 0.2) is 0 Å². The van der Waals surface area contributed by atoms with Crippen LogP contribution in [0.5, 0.6) is 0 Å². The van der Waals surface area contributed by atoms with Crippen LogP contribution in [0, 0.1) is 0 Å². The van der Waals surface area contributed by atoms with Gasteiger partial charge in [-0.15, -0.1) is 0 Å². The number of hydrogen-bond acceptors (Lipinski definition) is 5. The zero-order valence-electron chi connectivity index (χ0n) is 15.3. The van der Waals surface area contributed by atoms with Crippen molar-refractivity contribution >= 4 is 26.8 Å². The number of hydrogen-bond donors (Lipinski definition) is 0. The van der Waals surface area contributed by atoms with E-state index >= 15 is 0 Å². The highest BCUT2D eigenvalue weighted by Gasteiger charge is 2.17. The Balaban J connectivity index is 1.82. The van der Waals surface area contributed by atoms with Crippen LogP contribution in [-0.2, 0) is 6.54 Å². The van der Waals surface area contributed by atoms with E-state index in [0.29, 0.717) is 22.6 Å². The summed E-state index contributed by atoms with van der Waals surface area (Å²) in [6, 6.07) is 14.3. The molecule has 0 aliphatic carbocycles. The molecule has 0 spiro atoms. The topological polar surface area (TPSA) is 82.9 Å². The van der Waals surface area contributed by atoms with Crippen molar-refractivity contribution in [3.63, 3.8) is 0 Å². The number of nitrogens with zero attached hydrogens (tertiary/aromatic N) is 4. The summed E-state index contributed by atoms with van der Waals surface area (Å²) in [5, 5.41) is 4.49. The second-order valence-corrected chi connectivity index (χ2v) is 7.59. The molecule has 2 heterocycles. The summed E-state index contributed by atoms with van der Waals surface area (Å²) >= 11 is 3.39. The first-order valence-electron chi connectivity index (χ1n) is 8.78. The molecule has 0 saturated carbocycles. The van der Waals surface area contributed by atoms with E-state index < -0.39 is 5.69 Å². The average Bonchev–Trinajstić information content (AvgIpc) is 3.14. The lowest BCUT2D eigenvalue weighted by atomic mass is 10.2. The molecule has 2 aromatic carbocycles. The predicted molar refractivity (Wildman–Crippen MR) is 109 cm³/mol. The molecular weight excluding hydrogens is 424 g/mol. The smallest absolute Gasteiger partial charge is 0.332 e. The van der Waals surface area contributed by atoms with Gasteiger partial charge in [-0.05, 0) is 50.2 Å². The summed E-state index contributed by atoms with van der Waals surface area (Å²) < 4.78 is 9.06. The van der Waals surface area contributed by atoms with E-state index in [9.17, 15) is 9.59 Å². The fourth-order valence-electron chi connectivity index (χ4n) is 3.12. The minimum Gasteiger partial charge on any atom is -0.337 e. The van der Waals surface area contributed by atoms with Gasteiger partial charge in [-0.25, -0.2) is 4.79 Å². The quantitative estimate of drug-likeness (QED) is 0.483. The standard InChI is InChI=1S/C20H17BrN4O3/c1-12(2)25-19(26)15-5-3-4-6-16(15)24(20(25)27)11-17-22-18(23-28-17)13-7-9-14(21)10-8-13/h3-10,12H,11H2,1-2H3. The van der Waals surface area contributed by atoms with Crippen molar-refractivity contribution < 1.29 is 4.52 Å². The Morgan fingerprint density at radius 3 is 2.50 bits per heavy atom. The number of benzene rings is 2. The molecule has 0 aliphatic rings. The molecule has 142 valence electrons. The average molecular weight is 441 g/mol. The summed E-state index contributed by atoms with van der Waals surface area (Å²) in [5.74, 6) is 0.733. The minimum absolute atomic E-state index is 0.0792. The predicted octanol–water partition coefficient (Wildman–Crippen LogP) is 3.60. The van der Waals surface area contributed by atoms with Gasteiger partial charge >= 0.3 is 5.69 Å². The zero-order chi connectivity index (χ0) is 19.8. The highest BCUT2D eigenvalue weighted by atomic mass is 79.9. The first-order chi connectivity index (χ1) is 13.5. The van der Waals surface area contributed by atoms with Gasteiger partial charge in [-0.3, -0.25) is 13.9 Å². The Bertz CT molecular complexity index is 1270. The van der Waals surface area contributed by atoms with Crippen LogP contribution in [0.2, 0.25) is 0 Å². The fraction of sp³-hybridized carbons (Fsp3) is 0.200. The van der Waals surface area contributed by atoms with Crippen molar-refractivity contribution in [2.75, 3.05) is 0 Å². The second-order valence-electron chi connectivity index (χ2n) is 6.67. The Morgan fingerprint density at radius 2 is 1.79 bits per heavy atom. The van der Waals surface area contributed by atoms with E-state index in [1.54, 1.807) is 38.1 Å². The molecule has 8 heteroatoms. The Hall–Kier alpha value is -3.00. The van der Waals surface area contributed by atoms with Crippen molar-refractivity contribution in [3.05, 3.63) is 79.7 Å². The number of rotatable bonds is 4. The summed E-state index contributed by atoms with van der Waals surface area (Å²) in [5.41, 5.74) is 0.648. The van der Waals surface area contributed by atoms with Gasteiger partial charge in [0.25, 0.3) is 5.56 Å². The molecule has 2 aromatic heterocycles. The van der Waals surface area contributed by atoms with Crippen LogP contribution < -0.4 is 11.2 Å². The molecule has 0 radical (unpaired) electrons. The van der Waals surface area contributed by atoms with Crippen molar-refractivity contribution in [2.24, 2.45) is 0 Å². The van der Waals surface area contributed by atoms with Crippen LogP contribution in [0.4, 0.5) is 0 Å². The lowest BCUT2D eigenvalue weighted by molar-refractivity contribution is 0.368. The first kappa shape index (κ1) is 18.4. The summed E-state index contributed by atoms with van der Waals surface area (Å²) in [4.78, 5) is 30.1. The maximum absolute atomic E-state index is 13.0. The van der Waals surface area contributed by atoms with Crippen LogP contribution in [0.25, 0.3) is 22.3 Å².